The number of hydrogen-bond donors (Lipinski definition) is 1. The second-order valence-electron chi connectivity index (χ2n) is 4.79. The lowest BCUT2D eigenvalue weighted by Gasteiger charge is -2.29. The summed E-state index contributed by atoms with van der Waals surface area (Å²) in [6.45, 7) is 5.06. The van der Waals surface area contributed by atoms with E-state index < -0.39 is 5.97 Å². The number of hydrogen-bond acceptors (Lipinski definition) is 5. The number of aromatic nitrogens is 1. The number of carbonyl (C=O) groups is 1. The Hall–Kier alpha value is -0.850. The fourth-order valence-electron chi connectivity index (χ4n) is 2.39. The van der Waals surface area contributed by atoms with Crippen molar-refractivity contribution in [2.24, 2.45) is 0 Å². The lowest BCUT2D eigenvalue weighted by molar-refractivity contribution is 0.0702. The molecule has 0 spiro atoms. The monoisotopic (exact) mass is 303 g/mol. The number of likely N-dealkylation sites (N-methyl/N-ethyl adjacent to an activating group) is 1. The van der Waals surface area contributed by atoms with E-state index in [0.29, 0.717) is 6.04 Å². The Bertz CT molecular complexity index is 466. The summed E-state index contributed by atoms with van der Waals surface area (Å²) in [5.74, 6) is -1.01. The topological polar surface area (TPSA) is 56.7 Å². The minimum atomic E-state index is -1.01. The average molecular weight is 304 g/mol. The summed E-state index contributed by atoms with van der Waals surface area (Å²) < 4.78 is 0. The van der Waals surface area contributed by atoms with Crippen molar-refractivity contribution in [3.05, 3.63) is 10.0 Å². The van der Waals surface area contributed by atoms with Crippen LogP contribution in [0.4, 0.5) is 5.13 Å². The third kappa shape index (κ3) is 3.19. The van der Waals surface area contributed by atoms with Gasteiger partial charge in [-0.25, -0.2) is 9.78 Å². The molecule has 0 saturated carbocycles. The number of anilines is 1. The summed E-state index contributed by atoms with van der Waals surface area (Å²) in [6.07, 6.45) is 2.05. The van der Waals surface area contributed by atoms with Crippen molar-refractivity contribution in [1.82, 2.24) is 9.88 Å². The Morgan fingerprint density at radius 3 is 2.89 bits per heavy atom. The van der Waals surface area contributed by atoms with Gasteiger partial charge in [-0.3, -0.25) is 0 Å². The van der Waals surface area contributed by atoms with E-state index >= 15 is 0 Å². The summed E-state index contributed by atoms with van der Waals surface area (Å²) in [5, 5.41) is 9.88. The normalized spacial score (nSPS) is 21.4. The van der Waals surface area contributed by atoms with Crippen LogP contribution in [0.2, 0.25) is 5.15 Å². The van der Waals surface area contributed by atoms with Gasteiger partial charge >= 0.3 is 5.97 Å². The molecule has 19 heavy (non-hydrogen) atoms. The zero-order valence-electron chi connectivity index (χ0n) is 11.1. The number of rotatable bonds is 3. The largest absolute Gasteiger partial charge is 0.477 e. The molecule has 7 heteroatoms. The van der Waals surface area contributed by atoms with Crippen LogP contribution in [-0.2, 0) is 0 Å². The summed E-state index contributed by atoms with van der Waals surface area (Å²) in [6, 6.07) is 0.358. The van der Waals surface area contributed by atoms with Crippen LogP contribution in [0.3, 0.4) is 0 Å². The second-order valence-corrected chi connectivity index (χ2v) is 6.13. The van der Waals surface area contributed by atoms with Gasteiger partial charge in [0.2, 0.25) is 0 Å². The maximum Gasteiger partial charge on any atom is 0.349 e. The van der Waals surface area contributed by atoms with Crippen LogP contribution in [0.1, 0.15) is 29.4 Å². The van der Waals surface area contributed by atoms with Crippen LogP contribution in [0.15, 0.2) is 0 Å². The van der Waals surface area contributed by atoms with Crippen molar-refractivity contribution >= 4 is 34.0 Å². The molecule has 1 aliphatic rings. The minimum absolute atomic E-state index is 0.0972. The molecule has 1 N–H and O–H groups in total. The summed E-state index contributed by atoms with van der Waals surface area (Å²) in [7, 11) is 2.11. The Labute approximate surface area is 121 Å². The zero-order valence-corrected chi connectivity index (χ0v) is 12.7. The van der Waals surface area contributed by atoms with E-state index in [1.54, 1.807) is 0 Å². The van der Waals surface area contributed by atoms with Crippen molar-refractivity contribution in [3.63, 3.8) is 0 Å². The molecule has 1 aromatic heterocycles. The number of thiazole rings is 1. The molecule has 1 fully saturated rings. The van der Waals surface area contributed by atoms with Crippen molar-refractivity contribution in [2.45, 2.75) is 25.8 Å². The van der Waals surface area contributed by atoms with E-state index in [2.05, 4.69) is 28.8 Å². The third-order valence-corrected chi connectivity index (χ3v) is 4.85. The predicted molar refractivity (Wildman–Crippen MR) is 77.6 cm³/mol. The van der Waals surface area contributed by atoms with Crippen LogP contribution in [-0.4, -0.2) is 53.7 Å². The van der Waals surface area contributed by atoms with Gasteiger partial charge in [0.1, 0.15) is 0 Å². The number of carboxylic acid groups (broad SMARTS) is 1. The van der Waals surface area contributed by atoms with E-state index in [1.165, 1.54) is 11.3 Å². The average Bonchev–Trinajstić information content (AvgIpc) is 2.63. The first-order chi connectivity index (χ1) is 9.02. The van der Waals surface area contributed by atoms with Crippen molar-refractivity contribution in [2.75, 3.05) is 31.6 Å². The van der Waals surface area contributed by atoms with Crippen LogP contribution >= 0.6 is 22.9 Å². The van der Waals surface area contributed by atoms with Crippen LogP contribution in [0.25, 0.3) is 0 Å². The van der Waals surface area contributed by atoms with Crippen molar-refractivity contribution in [3.8, 4) is 0 Å². The third-order valence-electron chi connectivity index (χ3n) is 3.39. The van der Waals surface area contributed by atoms with Gasteiger partial charge < -0.3 is 14.9 Å². The van der Waals surface area contributed by atoms with Crippen molar-refractivity contribution in [1.29, 1.82) is 0 Å². The van der Waals surface area contributed by atoms with Gasteiger partial charge in [-0.1, -0.05) is 29.9 Å². The highest BCUT2D eigenvalue weighted by Crippen LogP contribution is 2.32. The highest BCUT2D eigenvalue weighted by atomic mass is 35.5. The second kappa shape index (κ2) is 6.07. The number of nitrogens with zero attached hydrogens (tertiary/aromatic N) is 3. The van der Waals surface area contributed by atoms with Gasteiger partial charge in [0.15, 0.2) is 15.2 Å². The fourth-order valence-corrected chi connectivity index (χ4v) is 3.61. The number of halogens is 1. The van der Waals surface area contributed by atoms with E-state index in [1.807, 2.05) is 0 Å². The van der Waals surface area contributed by atoms with Gasteiger partial charge in [-0.2, -0.15) is 0 Å². The van der Waals surface area contributed by atoms with Gasteiger partial charge in [-0.15, -0.1) is 0 Å². The number of carboxylic acids is 1. The molecule has 106 valence electrons. The maximum atomic E-state index is 11.0. The van der Waals surface area contributed by atoms with E-state index in [9.17, 15) is 4.79 Å². The standard InChI is InChI=1S/C12H18ClN3O2S/c1-3-8-7-15(2)5-4-6-16(8)12-14-10(13)9(19-12)11(17)18/h8H,3-7H2,1-2H3,(H,17,18). The molecule has 2 heterocycles. The summed E-state index contributed by atoms with van der Waals surface area (Å²) in [4.78, 5) is 19.9. The predicted octanol–water partition coefficient (Wildman–Crippen LogP) is 2.42. The molecule has 2 rings (SSSR count). The molecule has 1 atom stereocenters. The Balaban J connectivity index is 2.27. The smallest absolute Gasteiger partial charge is 0.349 e. The molecule has 1 unspecified atom stereocenters. The molecule has 1 aliphatic heterocycles. The van der Waals surface area contributed by atoms with Gasteiger partial charge in [0, 0.05) is 19.1 Å². The minimum Gasteiger partial charge on any atom is -0.477 e. The zero-order chi connectivity index (χ0) is 14.0. The van der Waals surface area contributed by atoms with Crippen molar-refractivity contribution < 1.29 is 9.90 Å². The molecule has 0 bridgehead atoms. The Morgan fingerprint density at radius 1 is 1.58 bits per heavy atom. The molecule has 0 radical (unpaired) electrons. The first-order valence-corrected chi connectivity index (χ1v) is 7.57. The van der Waals surface area contributed by atoms with Crippen LogP contribution in [0, 0.1) is 0 Å². The highest BCUT2D eigenvalue weighted by Gasteiger charge is 2.26. The van der Waals surface area contributed by atoms with Crippen LogP contribution < -0.4 is 4.90 Å². The first kappa shape index (κ1) is 14.6. The Kier molecular flexibility index (Phi) is 4.65. The molecular weight excluding hydrogens is 286 g/mol. The van der Waals surface area contributed by atoms with Gasteiger partial charge in [0.05, 0.1) is 0 Å². The SMILES string of the molecule is CCC1CN(C)CCCN1c1nc(Cl)c(C(=O)O)s1. The molecule has 1 saturated heterocycles. The molecule has 0 amide bonds. The molecule has 0 aliphatic carbocycles. The quantitative estimate of drug-likeness (QED) is 0.929. The maximum absolute atomic E-state index is 11.0. The molecular formula is C12H18ClN3O2S. The van der Waals surface area contributed by atoms with E-state index in [0.717, 1.165) is 37.6 Å². The van der Waals surface area contributed by atoms with E-state index in [-0.39, 0.29) is 10.0 Å². The Morgan fingerprint density at radius 2 is 2.32 bits per heavy atom. The number of aromatic carboxylic acids is 1. The van der Waals surface area contributed by atoms with Gasteiger partial charge in [0.25, 0.3) is 0 Å². The van der Waals surface area contributed by atoms with E-state index in [4.69, 9.17) is 16.7 Å². The lowest BCUT2D eigenvalue weighted by Crippen LogP contribution is -2.39. The first-order valence-electron chi connectivity index (χ1n) is 6.37. The molecule has 1 aromatic rings. The fraction of sp³-hybridized carbons (Fsp3) is 0.667. The lowest BCUT2D eigenvalue weighted by atomic mass is 10.2. The molecule has 5 nitrogen and oxygen atoms in total. The summed E-state index contributed by atoms with van der Waals surface area (Å²) in [5.41, 5.74) is 0. The summed E-state index contributed by atoms with van der Waals surface area (Å²) >= 11 is 7.07. The van der Waals surface area contributed by atoms with Gasteiger partial charge in [-0.05, 0) is 26.4 Å². The molecule has 0 aromatic carbocycles. The highest BCUT2D eigenvalue weighted by molar-refractivity contribution is 7.18. The van der Waals surface area contributed by atoms with Crippen LogP contribution in [0.5, 0.6) is 0 Å².